The van der Waals surface area contributed by atoms with Crippen LogP contribution >= 0.6 is 15.9 Å². The van der Waals surface area contributed by atoms with Crippen molar-refractivity contribution in [1.29, 1.82) is 0 Å². The van der Waals surface area contributed by atoms with Gasteiger partial charge in [-0.1, -0.05) is 15.9 Å². The van der Waals surface area contributed by atoms with Crippen molar-refractivity contribution < 1.29 is 18.7 Å². The van der Waals surface area contributed by atoms with E-state index in [9.17, 15) is 9.18 Å². The Kier molecular flexibility index (Phi) is 4.12. The molecule has 1 aromatic rings. The van der Waals surface area contributed by atoms with Gasteiger partial charge in [0.25, 0.3) is 0 Å². The minimum atomic E-state index is -0.573. The smallest absolute Gasteiger partial charge is 0.156 e. The lowest BCUT2D eigenvalue weighted by molar-refractivity contribution is 0.0252. The maximum absolute atomic E-state index is 13.5. The van der Waals surface area contributed by atoms with E-state index in [4.69, 9.17) is 9.47 Å². The zero-order valence-electron chi connectivity index (χ0n) is 9.12. The maximum Gasteiger partial charge on any atom is 0.156 e. The van der Waals surface area contributed by atoms with Crippen LogP contribution in [0.15, 0.2) is 16.6 Å². The summed E-state index contributed by atoms with van der Waals surface area (Å²) in [6.45, 7) is 1.27. The van der Waals surface area contributed by atoms with Gasteiger partial charge in [-0.25, -0.2) is 4.39 Å². The molecule has 1 fully saturated rings. The molecule has 1 aliphatic heterocycles. The van der Waals surface area contributed by atoms with E-state index in [2.05, 4.69) is 15.9 Å². The van der Waals surface area contributed by atoms with Crippen LogP contribution in [0.25, 0.3) is 0 Å². The van der Waals surface area contributed by atoms with Gasteiger partial charge in [0.1, 0.15) is 17.7 Å². The molecule has 0 saturated carbocycles. The second-order valence-electron chi connectivity index (χ2n) is 3.85. The molecule has 0 aliphatic carbocycles. The highest BCUT2D eigenvalue weighted by Gasteiger charge is 2.18. The van der Waals surface area contributed by atoms with Crippen LogP contribution in [-0.2, 0) is 4.74 Å². The van der Waals surface area contributed by atoms with Gasteiger partial charge in [-0.2, -0.15) is 0 Å². The van der Waals surface area contributed by atoms with Gasteiger partial charge in [0.05, 0.1) is 18.8 Å². The molecule has 0 N–H and O–H groups in total. The Balaban J connectivity index is 2.21. The van der Waals surface area contributed by atoms with E-state index in [0.717, 1.165) is 12.8 Å². The maximum atomic E-state index is 13.5. The lowest BCUT2D eigenvalue weighted by Gasteiger charge is -2.24. The predicted octanol–water partition coefficient (Wildman–Crippen LogP) is 2.96. The first-order valence-corrected chi connectivity index (χ1v) is 6.18. The number of carbonyl (C=O) groups excluding carboxylic acids is 1. The van der Waals surface area contributed by atoms with E-state index < -0.39 is 5.82 Å². The number of carbonyl (C=O) groups is 1. The van der Waals surface area contributed by atoms with Crippen molar-refractivity contribution >= 4 is 22.2 Å². The van der Waals surface area contributed by atoms with E-state index in [-0.39, 0.29) is 11.7 Å². The average molecular weight is 303 g/mol. The van der Waals surface area contributed by atoms with Gasteiger partial charge in [0.2, 0.25) is 0 Å². The fraction of sp³-hybridized carbons (Fsp3) is 0.417. The van der Waals surface area contributed by atoms with Crippen LogP contribution in [-0.4, -0.2) is 25.6 Å². The molecule has 0 bridgehead atoms. The molecule has 0 radical (unpaired) electrons. The van der Waals surface area contributed by atoms with Crippen molar-refractivity contribution in [3.8, 4) is 5.75 Å². The normalized spacial score (nSPS) is 16.8. The first-order chi connectivity index (χ1) is 8.20. The molecule has 1 aromatic carbocycles. The highest BCUT2D eigenvalue weighted by atomic mass is 79.9. The van der Waals surface area contributed by atoms with Crippen molar-refractivity contribution in [2.75, 3.05) is 13.2 Å². The van der Waals surface area contributed by atoms with Crippen molar-refractivity contribution in [3.63, 3.8) is 0 Å². The van der Waals surface area contributed by atoms with Gasteiger partial charge < -0.3 is 9.47 Å². The molecule has 0 aromatic heterocycles. The molecule has 5 heteroatoms. The molecule has 1 saturated heterocycles. The summed E-state index contributed by atoms with van der Waals surface area (Å²) in [6.07, 6.45) is 1.98. The number of halogens is 2. The third kappa shape index (κ3) is 3.04. The van der Waals surface area contributed by atoms with Crippen molar-refractivity contribution in [2.24, 2.45) is 0 Å². The Bertz CT molecular complexity index is 416. The van der Waals surface area contributed by atoms with Crippen LogP contribution in [0.1, 0.15) is 23.2 Å². The van der Waals surface area contributed by atoms with Gasteiger partial charge in [-0.3, -0.25) is 4.79 Å². The van der Waals surface area contributed by atoms with Gasteiger partial charge in [0.15, 0.2) is 6.29 Å². The summed E-state index contributed by atoms with van der Waals surface area (Å²) in [5, 5.41) is 0. The first kappa shape index (κ1) is 12.5. The second-order valence-corrected chi connectivity index (χ2v) is 4.76. The molecule has 2 rings (SSSR count). The molecule has 1 heterocycles. The third-order valence-electron chi connectivity index (χ3n) is 2.64. The number of ether oxygens (including phenoxy) is 2. The number of aldehydes is 1. The summed E-state index contributed by atoms with van der Waals surface area (Å²) in [7, 11) is 0. The topological polar surface area (TPSA) is 35.5 Å². The lowest BCUT2D eigenvalue weighted by atomic mass is 10.1. The van der Waals surface area contributed by atoms with E-state index >= 15 is 0 Å². The monoisotopic (exact) mass is 302 g/mol. The van der Waals surface area contributed by atoms with Crippen LogP contribution in [0.5, 0.6) is 5.75 Å². The van der Waals surface area contributed by atoms with Crippen molar-refractivity contribution in [2.45, 2.75) is 18.9 Å². The zero-order valence-corrected chi connectivity index (χ0v) is 10.7. The highest BCUT2D eigenvalue weighted by molar-refractivity contribution is 9.10. The Morgan fingerprint density at radius 2 is 2.12 bits per heavy atom. The van der Waals surface area contributed by atoms with Gasteiger partial charge in [-0.05, 0) is 12.1 Å². The Labute approximate surface area is 107 Å². The molecule has 92 valence electrons. The van der Waals surface area contributed by atoms with Gasteiger partial charge in [0, 0.05) is 17.3 Å². The summed E-state index contributed by atoms with van der Waals surface area (Å²) in [5.41, 5.74) is -0.0281. The standard InChI is InChI=1S/C12H12BrFO3/c13-8-5-11(14)10(7-15)12(6-8)17-9-1-3-16-4-2-9/h5-7,9H,1-4H2. The molecule has 0 unspecified atom stereocenters. The minimum Gasteiger partial charge on any atom is -0.489 e. The molecule has 0 amide bonds. The lowest BCUT2D eigenvalue weighted by Crippen LogP contribution is -2.26. The Morgan fingerprint density at radius 3 is 2.76 bits per heavy atom. The highest BCUT2D eigenvalue weighted by Crippen LogP contribution is 2.28. The molecule has 17 heavy (non-hydrogen) atoms. The zero-order chi connectivity index (χ0) is 12.3. The SMILES string of the molecule is O=Cc1c(F)cc(Br)cc1OC1CCOCC1. The number of hydrogen-bond donors (Lipinski definition) is 0. The number of rotatable bonds is 3. The molecular weight excluding hydrogens is 291 g/mol. The molecule has 0 spiro atoms. The van der Waals surface area contributed by atoms with Gasteiger partial charge in [-0.15, -0.1) is 0 Å². The van der Waals surface area contributed by atoms with E-state index in [0.29, 0.717) is 29.7 Å². The number of benzene rings is 1. The first-order valence-electron chi connectivity index (χ1n) is 5.39. The van der Waals surface area contributed by atoms with Crippen LogP contribution in [0.4, 0.5) is 4.39 Å². The second kappa shape index (κ2) is 5.60. The Morgan fingerprint density at radius 1 is 1.41 bits per heavy atom. The Hall–Kier alpha value is -0.940. The van der Waals surface area contributed by atoms with E-state index in [1.807, 2.05) is 0 Å². The minimum absolute atomic E-state index is 0.0175. The van der Waals surface area contributed by atoms with E-state index in [1.54, 1.807) is 6.07 Å². The third-order valence-corrected chi connectivity index (χ3v) is 3.09. The molecular formula is C12H12BrFO3. The van der Waals surface area contributed by atoms with Crippen LogP contribution in [0.2, 0.25) is 0 Å². The summed E-state index contributed by atoms with van der Waals surface area (Å²) in [4.78, 5) is 10.8. The van der Waals surface area contributed by atoms with Crippen LogP contribution in [0, 0.1) is 5.82 Å². The summed E-state index contributed by atoms with van der Waals surface area (Å²) in [6, 6.07) is 2.86. The summed E-state index contributed by atoms with van der Waals surface area (Å²) < 4.78 is 24.9. The fourth-order valence-electron chi connectivity index (χ4n) is 1.75. The largest absolute Gasteiger partial charge is 0.489 e. The van der Waals surface area contributed by atoms with Crippen molar-refractivity contribution in [1.82, 2.24) is 0 Å². The fourth-order valence-corrected chi connectivity index (χ4v) is 2.16. The summed E-state index contributed by atoms with van der Waals surface area (Å²) in [5.74, 6) is -0.282. The van der Waals surface area contributed by atoms with Crippen molar-refractivity contribution in [3.05, 3.63) is 28.0 Å². The molecule has 0 atom stereocenters. The predicted molar refractivity (Wildman–Crippen MR) is 64.0 cm³/mol. The summed E-state index contributed by atoms with van der Waals surface area (Å²) >= 11 is 3.18. The van der Waals surface area contributed by atoms with Gasteiger partial charge >= 0.3 is 0 Å². The quantitative estimate of drug-likeness (QED) is 0.805. The van der Waals surface area contributed by atoms with Crippen LogP contribution < -0.4 is 4.74 Å². The molecule has 1 aliphatic rings. The number of hydrogen-bond acceptors (Lipinski definition) is 3. The van der Waals surface area contributed by atoms with Crippen LogP contribution in [0.3, 0.4) is 0 Å². The van der Waals surface area contributed by atoms with E-state index in [1.165, 1.54) is 6.07 Å². The molecule has 3 nitrogen and oxygen atoms in total. The average Bonchev–Trinajstić information content (AvgIpc) is 2.30.